The molecule has 6 heteroatoms. The van der Waals surface area contributed by atoms with E-state index in [1.807, 2.05) is 38.1 Å². The van der Waals surface area contributed by atoms with Crippen molar-refractivity contribution in [3.63, 3.8) is 0 Å². The molecule has 3 aromatic rings. The largest absolute Gasteiger partial charge is 0.362 e. The fourth-order valence-electron chi connectivity index (χ4n) is 3.00. The molecular formula is C21H24N4OS. The van der Waals surface area contributed by atoms with Crippen LogP contribution in [0.25, 0.3) is 10.6 Å². The summed E-state index contributed by atoms with van der Waals surface area (Å²) < 4.78 is 0. The van der Waals surface area contributed by atoms with Gasteiger partial charge in [-0.3, -0.25) is 4.79 Å². The number of nitrogens with one attached hydrogen (secondary N) is 1. The van der Waals surface area contributed by atoms with E-state index in [0.29, 0.717) is 11.4 Å². The van der Waals surface area contributed by atoms with Gasteiger partial charge in [-0.25, -0.2) is 9.97 Å². The second-order valence-electron chi connectivity index (χ2n) is 6.82. The van der Waals surface area contributed by atoms with Crippen molar-refractivity contribution in [3.05, 3.63) is 63.8 Å². The minimum absolute atomic E-state index is 0.102. The fourth-order valence-corrected chi connectivity index (χ4v) is 4.08. The van der Waals surface area contributed by atoms with Crippen LogP contribution in [-0.2, 0) is 6.54 Å². The quantitative estimate of drug-likeness (QED) is 0.723. The summed E-state index contributed by atoms with van der Waals surface area (Å²) in [5.41, 5.74) is 5.20. The number of carbonyl (C=O) groups excluding carboxylic acids is 1. The van der Waals surface area contributed by atoms with Crippen LogP contribution in [0.3, 0.4) is 0 Å². The average Bonchev–Trinajstić information content (AvgIpc) is 3.01. The summed E-state index contributed by atoms with van der Waals surface area (Å²) in [4.78, 5) is 24.3. The van der Waals surface area contributed by atoms with Crippen LogP contribution in [0.5, 0.6) is 0 Å². The molecule has 0 unspecified atom stereocenters. The standard InChI is InChI=1S/C21H24N4OS/c1-13-8-9-17(14(2)11-13)21-24-15(3)18(27-21)20(26)23-12-16-7-6-10-22-19(16)25(4)5/h6-11H,12H2,1-5H3,(H,23,26). The Balaban J connectivity index is 1.79. The van der Waals surface area contributed by atoms with Crippen molar-refractivity contribution in [3.8, 4) is 10.6 Å². The molecule has 0 atom stereocenters. The van der Waals surface area contributed by atoms with Crippen LogP contribution < -0.4 is 10.2 Å². The molecule has 5 nitrogen and oxygen atoms in total. The van der Waals surface area contributed by atoms with E-state index in [2.05, 4.69) is 47.3 Å². The van der Waals surface area contributed by atoms with Gasteiger partial charge in [0.05, 0.1) is 5.69 Å². The van der Waals surface area contributed by atoms with Gasteiger partial charge in [-0.15, -0.1) is 11.3 Å². The Bertz CT molecular complexity index is 978. The van der Waals surface area contributed by atoms with E-state index in [-0.39, 0.29) is 5.91 Å². The van der Waals surface area contributed by atoms with Gasteiger partial charge in [-0.1, -0.05) is 29.8 Å². The molecule has 0 spiro atoms. The van der Waals surface area contributed by atoms with Crippen LogP contribution in [0, 0.1) is 20.8 Å². The van der Waals surface area contributed by atoms with Gasteiger partial charge in [0, 0.05) is 38.0 Å². The Labute approximate surface area is 164 Å². The molecule has 140 valence electrons. The molecule has 2 aromatic heterocycles. The number of rotatable bonds is 5. The number of carbonyl (C=O) groups is 1. The van der Waals surface area contributed by atoms with Crippen molar-refractivity contribution < 1.29 is 4.79 Å². The number of hydrogen-bond acceptors (Lipinski definition) is 5. The van der Waals surface area contributed by atoms with Crippen molar-refractivity contribution in [2.75, 3.05) is 19.0 Å². The summed E-state index contributed by atoms with van der Waals surface area (Å²) in [7, 11) is 3.88. The number of nitrogens with zero attached hydrogens (tertiary/aromatic N) is 3. The van der Waals surface area contributed by atoms with E-state index in [1.165, 1.54) is 22.5 Å². The fraction of sp³-hybridized carbons (Fsp3) is 0.286. The summed E-state index contributed by atoms with van der Waals surface area (Å²) in [6, 6.07) is 10.1. The van der Waals surface area contributed by atoms with Gasteiger partial charge in [0.25, 0.3) is 5.91 Å². The first kappa shape index (κ1) is 19.0. The molecule has 0 saturated heterocycles. The van der Waals surface area contributed by atoms with Crippen molar-refractivity contribution in [1.29, 1.82) is 0 Å². The topological polar surface area (TPSA) is 58.1 Å². The lowest BCUT2D eigenvalue weighted by molar-refractivity contribution is 0.0954. The van der Waals surface area contributed by atoms with Gasteiger partial charge in [0.15, 0.2) is 0 Å². The maximum atomic E-state index is 12.7. The molecule has 27 heavy (non-hydrogen) atoms. The first-order chi connectivity index (χ1) is 12.9. The highest BCUT2D eigenvalue weighted by Gasteiger charge is 2.17. The lowest BCUT2D eigenvalue weighted by Crippen LogP contribution is -2.24. The number of benzene rings is 1. The van der Waals surface area contributed by atoms with Crippen LogP contribution in [0.4, 0.5) is 5.82 Å². The number of aryl methyl sites for hydroxylation is 3. The molecule has 1 N–H and O–H groups in total. The van der Waals surface area contributed by atoms with Gasteiger partial charge in [0.1, 0.15) is 15.7 Å². The molecule has 1 amide bonds. The Hall–Kier alpha value is -2.73. The lowest BCUT2D eigenvalue weighted by atomic mass is 10.1. The van der Waals surface area contributed by atoms with E-state index in [9.17, 15) is 4.79 Å². The number of pyridine rings is 1. The third-order valence-electron chi connectivity index (χ3n) is 4.35. The van der Waals surface area contributed by atoms with Gasteiger partial charge >= 0.3 is 0 Å². The van der Waals surface area contributed by atoms with Crippen LogP contribution in [-0.4, -0.2) is 30.0 Å². The molecule has 3 rings (SSSR count). The molecule has 0 aliphatic heterocycles. The van der Waals surface area contributed by atoms with Crippen LogP contribution in [0.2, 0.25) is 0 Å². The summed E-state index contributed by atoms with van der Waals surface area (Å²) in [5.74, 6) is 0.754. The summed E-state index contributed by atoms with van der Waals surface area (Å²) in [6.07, 6.45) is 1.75. The Morgan fingerprint density at radius 1 is 1.19 bits per heavy atom. The molecular weight excluding hydrogens is 356 g/mol. The summed E-state index contributed by atoms with van der Waals surface area (Å²) in [5, 5.41) is 3.88. The summed E-state index contributed by atoms with van der Waals surface area (Å²) >= 11 is 1.44. The van der Waals surface area contributed by atoms with Crippen molar-refractivity contribution in [1.82, 2.24) is 15.3 Å². The number of anilines is 1. The van der Waals surface area contributed by atoms with Gasteiger partial charge in [0.2, 0.25) is 0 Å². The second-order valence-corrected chi connectivity index (χ2v) is 7.81. The van der Waals surface area contributed by atoms with Gasteiger partial charge in [-0.05, 0) is 32.4 Å². The Morgan fingerprint density at radius 2 is 1.96 bits per heavy atom. The van der Waals surface area contributed by atoms with E-state index >= 15 is 0 Å². The SMILES string of the molecule is Cc1ccc(-c2nc(C)c(C(=O)NCc3cccnc3N(C)C)s2)c(C)c1. The first-order valence-electron chi connectivity index (χ1n) is 8.81. The summed E-state index contributed by atoms with van der Waals surface area (Å²) in [6.45, 7) is 6.46. The van der Waals surface area contributed by atoms with E-state index in [0.717, 1.165) is 27.6 Å². The van der Waals surface area contributed by atoms with Crippen LogP contribution in [0.1, 0.15) is 32.1 Å². The molecule has 0 aliphatic carbocycles. The minimum Gasteiger partial charge on any atom is -0.362 e. The van der Waals surface area contributed by atoms with Crippen molar-refractivity contribution >= 4 is 23.1 Å². The highest BCUT2D eigenvalue weighted by atomic mass is 32.1. The number of thiazole rings is 1. The number of hydrogen-bond donors (Lipinski definition) is 1. The maximum absolute atomic E-state index is 12.7. The predicted molar refractivity (Wildman–Crippen MR) is 111 cm³/mol. The first-order valence-corrected chi connectivity index (χ1v) is 9.63. The highest BCUT2D eigenvalue weighted by molar-refractivity contribution is 7.17. The third-order valence-corrected chi connectivity index (χ3v) is 5.54. The lowest BCUT2D eigenvalue weighted by Gasteiger charge is -2.15. The van der Waals surface area contributed by atoms with Gasteiger partial charge in [-0.2, -0.15) is 0 Å². The number of aromatic nitrogens is 2. The number of amides is 1. The molecule has 0 saturated carbocycles. The Kier molecular flexibility index (Phi) is 5.56. The van der Waals surface area contributed by atoms with Gasteiger partial charge < -0.3 is 10.2 Å². The monoisotopic (exact) mass is 380 g/mol. The van der Waals surface area contributed by atoms with E-state index in [4.69, 9.17) is 0 Å². The zero-order valence-electron chi connectivity index (χ0n) is 16.3. The normalized spacial score (nSPS) is 10.7. The molecule has 1 aromatic carbocycles. The van der Waals surface area contributed by atoms with Crippen LogP contribution >= 0.6 is 11.3 Å². The third kappa shape index (κ3) is 4.17. The molecule has 2 heterocycles. The smallest absolute Gasteiger partial charge is 0.263 e. The van der Waals surface area contributed by atoms with Crippen molar-refractivity contribution in [2.24, 2.45) is 0 Å². The zero-order chi connectivity index (χ0) is 19.6. The van der Waals surface area contributed by atoms with E-state index in [1.54, 1.807) is 6.20 Å². The van der Waals surface area contributed by atoms with E-state index < -0.39 is 0 Å². The Morgan fingerprint density at radius 3 is 2.67 bits per heavy atom. The molecule has 0 bridgehead atoms. The molecule has 0 aliphatic rings. The maximum Gasteiger partial charge on any atom is 0.263 e. The van der Waals surface area contributed by atoms with Crippen LogP contribution in [0.15, 0.2) is 36.5 Å². The highest BCUT2D eigenvalue weighted by Crippen LogP contribution is 2.30. The predicted octanol–water partition coefficient (Wildman–Crippen LogP) is 4.13. The zero-order valence-corrected chi connectivity index (χ0v) is 17.1. The molecule has 0 fully saturated rings. The molecule has 0 radical (unpaired) electrons. The second kappa shape index (κ2) is 7.88. The minimum atomic E-state index is -0.102. The average molecular weight is 381 g/mol. The van der Waals surface area contributed by atoms with Crippen molar-refractivity contribution in [2.45, 2.75) is 27.3 Å².